The summed E-state index contributed by atoms with van der Waals surface area (Å²) in [5.41, 5.74) is 0. The maximum absolute atomic E-state index is 13.5. The number of carbonyl (C=O) groups is 2. The molecule has 0 aliphatic rings. The molecule has 1 rings (SSSR count). The summed E-state index contributed by atoms with van der Waals surface area (Å²) in [6, 6.07) is 3.60. The zero-order valence-electron chi connectivity index (χ0n) is 10.5. The van der Waals surface area contributed by atoms with Gasteiger partial charge in [-0.25, -0.2) is 9.18 Å². The van der Waals surface area contributed by atoms with Gasteiger partial charge in [0.15, 0.2) is 17.7 Å². The van der Waals surface area contributed by atoms with E-state index in [9.17, 15) is 14.0 Å². The van der Waals surface area contributed by atoms with Gasteiger partial charge in [0, 0.05) is 11.0 Å². The Morgan fingerprint density at radius 2 is 2.16 bits per heavy atom. The number of ether oxygens (including phenoxy) is 1. The van der Waals surface area contributed by atoms with Gasteiger partial charge < -0.3 is 10.1 Å². The Hall–Kier alpha value is -1.63. The molecule has 1 unspecified atom stereocenters. The highest BCUT2D eigenvalue weighted by molar-refractivity contribution is 9.10. The quantitative estimate of drug-likeness (QED) is 0.888. The van der Waals surface area contributed by atoms with Gasteiger partial charge in [0.25, 0.3) is 5.91 Å². The van der Waals surface area contributed by atoms with E-state index in [-0.39, 0.29) is 5.75 Å². The topological polar surface area (TPSA) is 67.4 Å². The predicted octanol–water partition coefficient (Wildman–Crippen LogP) is 2.20. The van der Waals surface area contributed by atoms with Crippen molar-refractivity contribution in [1.82, 2.24) is 10.6 Å². The Morgan fingerprint density at radius 1 is 1.47 bits per heavy atom. The number of benzene rings is 1. The van der Waals surface area contributed by atoms with Crippen molar-refractivity contribution in [3.63, 3.8) is 0 Å². The molecular weight excluding hydrogens is 319 g/mol. The fourth-order valence-corrected chi connectivity index (χ4v) is 1.57. The molecule has 1 atom stereocenters. The first-order chi connectivity index (χ1) is 8.93. The van der Waals surface area contributed by atoms with Crippen molar-refractivity contribution >= 4 is 27.9 Å². The highest BCUT2D eigenvalue weighted by atomic mass is 79.9. The van der Waals surface area contributed by atoms with Crippen molar-refractivity contribution in [1.29, 1.82) is 0 Å². The number of nitrogens with one attached hydrogen (secondary N) is 2. The number of hydrogen-bond donors (Lipinski definition) is 2. The fraction of sp³-hybridized carbons (Fsp3) is 0.333. The molecule has 0 saturated heterocycles. The maximum Gasteiger partial charge on any atom is 0.321 e. The zero-order valence-corrected chi connectivity index (χ0v) is 12.1. The molecule has 0 bridgehead atoms. The summed E-state index contributed by atoms with van der Waals surface area (Å²) in [5, 5.41) is 4.49. The number of carbonyl (C=O) groups excluding carboxylic acids is 2. The van der Waals surface area contributed by atoms with Crippen molar-refractivity contribution < 1.29 is 18.7 Å². The molecule has 0 aliphatic heterocycles. The van der Waals surface area contributed by atoms with Crippen LogP contribution in [-0.4, -0.2) is 24.6 Å². The van der Waals surface area contributed by atoms with Crippen molar-refractivity contribution in [3.05, 3.63) is 28.5 Å². The van der Waals surface area contributed by atoms with Crippen LogP contribution in [-0.2, 0) is 4.79 Å². The van der Waals surface area contributed by atoms with E-state index >= 15 is 0 Å². The van der Waals surface area contributed by atoms with Crippen LogP contribution in [0.25, 0.3) is 0 Å². The molecule has 0 aromatic heterocycles. The second-order valence-corrected chi connectivity index (χ2v) is 4.60. The third-order valence-corrected chi connectivity index (χ3v) is 2.63. The predicted molar refractivity (Wildman–Crippen MR) is 71.4 cm³/mol. The van der Waals surface area contributed by atoms with Gasteiger partial charge in [-0.05, 0) is 32.0 Å². The standard InChI is InChI=1S/C12H14BrFN2O3/c1-3-15-12(18)16-11(17)7(2)19-10-5-4-8(13)6-9(10)14/h4-7H,3H2,1-2H3,(H2,15,16,17,18). The van der Waals surface area contributed by atoms with Gasteiger partial charge in [-0.1, -0.05) is 15.9 Å². The van der Waals surface area contributed by atoms with Crippen LogP contribution in [0.3, 0.4) is 0 Å². The van der Waals surface area contributed by atoms with E-state index < -0.39 is 23.9 Å². The van der Waals surface area contributed by atoms with Gasteiger partial charge in [0.2, 0.25) is 0 Å². The average Bonchev–Trinajstić information content (AvgIpc) is 2.32. The van der Waals surface area contributed by atoms with Gasteiger partial charge in [-0.2, -0.15) is 0 Å². The van der Waals surface area contributed by atoms with Gasteiger partial charge in [0.1, 0.15) is 0 Å². The van der Waals surface area contributed by atoms with E-state index in [1.54, 1.807) is 13.0 Å². The van der Waals surface area contributed by atoms with Crippen LogP contribution in [0.5, 0.6) is 5.75 Å². The minimum atomic E-state index is -0.988. The third-order valence-electron chi connectivity index (χ3n) is 2.14. The van der Waals surface area contributed by atoms with E-state index in [1.165, 1.54) is 19.1 Å². The Bertz CT molecular complexity index is 482. The SMILES string of the molecule is CCNC(=O)NC(=O)C(C)Oc1ccc(Br)cc1F. The molecule has 3 amide bonds. The fourth-order valence-electron chi connectivity index (χ4n) is 1.23. The largest absolute Gasteiger partial charge is 0.478 e. The van der Waals surface area contributed by atoms with Crippen LogP contribution in [0.4, 0.5) is 9.18 Å². The van der Waals surface area contributed by atoms with Crippen LogP contribution in [0, 0.1) is 5.82 Å². The first-order valence-corrected chi connectivity index (χ1v) is 6.43. The number of imide groups is 1. The van der Waals surface area contributed by atoms with Crippen LogP contribution in [0.1, 0.15) is 13.8 Å². The molecule has 104 valence electrons. The van der Waals surface area contributed by atoms with Gasteiger partial charge in [-0.3, -0.25) is 10.1 Å². The lowest BCUT2D eigenvalue weighted by molar-refractivity contribution is -0.126. The monoisotopic (exact) mass is 332 g/mol. The number of amides is 3. The van der Waals surface area contributed by atoms with Gasteiger partial charge in [0.05, 0.1) is 0 Å². The smallest absolute Gasteiger partial charge is 0.321 e. The van der Waals surface area contributed by atoms with Gasteiger partial charge >= 0.3 is 6.03 Å². The van der Waals surface area contributed by atoms with E-state index in [1.807, 2.05) is 0 Å². The minimum Gasteiger partial charge on any atom is -0.478 e. The lowest BCUT2D eigenvalue weighted by Crippen LogP contribution is -2.45. The highest BCUT2D eigenvalue weighted by Gasteiger charge is 2.18. The maximum atomic E-state index is 13.5. The molecule has 1 aromatic carbocycles. The molecule has 5 nitrogen and oxygen atoms in total. The Kier molecular flexibility index (Phi) is 5.75. The van der Waals surface area contributed by atoms with Gasteiger partial charge in [-0.15, -0.1) is 0 Å². The molecule has 0 spiro atoms. The lowest BCUT2D eigenvalue weighted by Gasteiger charge is -2.14. The van der Waals surface area contributed by atoms with Crippen LogP contribution in [0.15, 0.2) is 22.7 Å². The number of rotatable bonds is 4. The molecule has 0 fully saturated rings. The van der Waals surface area contributed by atoms with Crippen molar-refractivity contribution in [2.24, 2.45) is 0 Å². The molecule has 0 heterocycles. The molecule has 1 aromatic rings. The second-order valence-electron chi connectivity index (χ2n) is 3.68. The first-order valence-electron chi connectivity index (χ1n) is 5.64. The number of halogens is 2. The summed E-state index contributed by atoms with van der Waals surface area (Å²) in [4.78, 5) is 22.7. The average molecular weight is 333 g/mol. The van der Waals surface area contributed by atoms with Crippen molar-refractivity contribution in [2.75, 3.05) is 6.54 Å². The van der Waals surface area contributed by atoms with Crippen molar-refractivity contribution in [2.45, 2.75) is 20.0 Å². The summed E-state index contributed by atoms with van der Waals surface area (Å²) in [6.45, 7) is 3.55. The molecule has 0 saturated carbocycles. The van der Waals surface area contributed by atoms with Crippen LogP contribution < -0.4 is 15.4 Å². The highest BCUT2D eigenvalue weighted by Crippen LogP contribution is 2.22. The summed E-state index contributed by atoms with van der Waals surface area (Å²) in [5.74, 6) is -1.29. The third kappa shape index (κ3) is 4.86. The lowest BCUT2D eigenvalue weighted by atomic mass is 10.3. The second kappa shape index (κ2) is 7.08. The number of urea groups is 1. The van der Waals surface area contributed by atoms with E-state index in [2.05, 4.69) is 26.6 Å². The summed E-state index contributed by atoms with van der Waals surface area (Å²) < 4.78 is 19.2. The molecule has 19 heavy (non-hydrogen) atoms. The molecular formula is C12H14BrFN2O3. The normalized spacial score (nSPS) is 11.6. The molecule has 2 N–H and O–H groups in total. The Labute approximate surface area is 118 Å². The van der Waals surface area contributed by atoms with Crippen molar-refractivity contribution in [3.8, 4) is 5.75 Å². The van der Waals surface area contributed by atoms with Crippen LogP contribution in [0.2, 0.25) is 0 Å². The molecule has 7 heteroatoms. The summed E-state index contributed by atoms with van der Waals surface area (Å²) >= 11 is 3.11. The molecule has 0 aliphatic carbocycles. The van der Waals surface area contributed by atoms with E-state index in [0.29, 0.717) is 11.0 Å². The van der Waals surface area contributed by atoms with E-state index in [4.69, 9.17) is 4.74 Å². The van der Waals surface area contributed by atoms with Crippen LogP contribution >= 0.6 is 15.9 Å². The molecule has 0 radical (unpaired) electrons. The Morgan fingerprint density at radius 3 is 2.74 bits per heavy atom. The summed E-state index contributed by atoms with van der Waals surface area (Å²) in [7, 11) is 0. The summed E-state index contributed by atoms with van der Waals surface area (Å²) in [6.07, 6.45) is -0.988. The van der Waals surface area contributed by atoms with E-state index in [0.717, 1.165) is 0 Å². The minimum absolute atomic E-state index is 0.0539. The Balaban J connectivity index is 2.61. The number of hydrogen-bond acceptors (Lipinski definition) is 3. The first kappa shape index (κ1) is 15.4. The zero-order chi connectivity index (χ0) is 14.4.